The Morgan fingerprint density at radius 3 is 3.26 bits per heavy atom. The van der Waals surface area contributed by atoms with E-state index in [9.17, 15) is 4.79 Å². The second-order valence-electron chi connectivity index (χ2n) is 4.14. The van der Waals surface area contributed by atoms with Gasteiger partial charge in [0.25, 0.3) is 5.91 Å². The number of carbonyl (C=O) groups excluding carboxylic acids is 1. The molecule has 1 aromatic carbocycles. The summed E-state index contributed by atoms with van der Waals surface area (Å²) in [4.78, 5) is 11.9. The van der Waals surface area contributed by atoms with Gasteiger partial charge in [-0.15, -0.1) is 6.58 Å². The predicted octanol–water partition coefficient (Wildman–Crippen LogP) is 1.89. The molecule has 1 amide bonds. The van der Waals surface area contributed by atoms with Crippen LogP contribution in [0.3, 0.4) is 0 Å². The molecule has 1 aliphatic heterocycles. The first-order valence-corrected chi connectivity index (χ1v) is 7.42. The molecule has 0 radical (unpaired) electrons. The van der Waals surface area contributed by atoms with E-state index >= 15 is 0 Å². The third-order valence-electron chi connectivity index (χ3n) is 2.71. The zero-order chi connectivity index (χ0) is 13.5. The molecular weight excluding hydrogens is 260 g/mol. The van der Waals surface area contributed by atoms with Crippen molar-refractivity contribution >= 4 is 23.4 Å². The van der Waals surface area contributed by atoms with E-state index in [1.165, 1.54) is 0 Å². The Bertz CT molecular complexity index is 451. The maximum absolute atomic E-state index is 11.9. The van der Waals surface area contributed by atoms with Crippen molar-refractivity contribution in [3.05, 3.63) is 36.9 Å². The highest BCUT2D eigenvalue weighted by Gasteiger charge is 2.24. The Hall–Kier alpha value is -1.62. The minimum atomic E-state index is -0.459. The molecule has 0 fully saturated rings. The number of para-hydroxylation sites is 2. The molecule has 0 saturated heterocycles. The zero-order valence-electron chi connectivity index (χ0n) is 10.7. The Morgan fingerprint density at radius 1 is 1.58 bits per heavy atom. The van der Waals surface area contributed by atoms with Gasteiger partial charge in [-0.05, 0) is 12.1 Å². The van der Waals surface area contributed by atoms with E-state index in [1.807, 2.05) is 30.3 Å². The summed E-state index contributed by atoms with van der Waals surface area (Å²) in [5.41, 5.74) is 0.938. The van der Waals surface area contributed by atoms with Gasteiger partial charge in [0.05, 0.1) is 12.2 Å². The fourth-order valence-corrected chi connectivity index (χ4v) is 2.37. The highest BCUT2D eigenvalue weighted by molar-refractivity contribution is 7.99. The standard InChI is InChI=1S/C14H18N2O2S/c1-2-8-19-9-7-15-14(17)13-10-16-11-5-3-4-6-12(11)18-13/h2-6,13,16H,1,7-10H2,(H,15,17). The van der Waals surface area contributed by atoms with Crippen LogP contribution in [0.1, 0.15) is 0 Å². The van der Waals surface area contributed by atoms with Gasteiger partial charge in [-0.2, -0.15) is 11.8 Å². The van der Waals surface area contributed by atoms with E-state index in [2.05, 4.69) is 17.2 Å². The van der Waals surface area contributed by atoms with Crippen molar-refractivity contribution in [2.45, 2.75) is 6.10 Å². The fraction of sp³-hybridized carbons (Fsp3) is 0.357. The average molecular weight is 278 g/mol. The topological polar surface area (TPSA) is 50.4 Å². The van der Waals surface area contributed by atoms with Gasteiger partial charge in [0.2, 0.25) is 0 Å². The van der Waals surface area contributed by atoms with Crippen LogP contribution in [0.25, 0.3) is 0 Å². The van der Waals surface area contributed by atoms with Gasteiger partial charge < -0.3 is 15.4 Å². The highest BCUT2D eigenvalue weighted by Crippen LogP contribution is 2.28. The van der Waals surface area contributed by atoms with Crippen LogP contribution >= 0.6 is 11.8 Å². The minimum Gasteiger partial charge on any atom is -0.477 e. The van der Waals surface area contributed by atoms with Crippen LogP contribution in [0, 0.1) is 0 Å². The number of thioether (sulfide) groups is 1. The van der Waals surface area contributed by atoms with E-state index in [4.69, 9.17) is 4.74 Å². The number of nitrogens with one attached hydrogen (secondary N) is 2. The molecule has 102 valence electrons. The number of benzene rings is 1. The molecule has 1 aliphatic rings. The van der Waals surface area contributed by atoms with Crippen LogP contribution in [-0.4, -0.2) is 36.6 Å². The lowest BCUT2D eigenvalue weighted by Gasteiger charge is -2.26. The van der Waals surface area contributed by atoms with Crippen LogP contribution in [0.2, 0.25) is 0 Å². The summed E-state index contributed by atoms with van der Waals surface area (Å²) in [6.45, 7) is 4.81. The molecule has 5 heteroatoms. The second-order valence-corrected chi connectivity index (χ2v) is 5.29. The normalized spacial score (nSPS) is 16.7. The molecule has 2 N–H and O–H groups in total. The monoisotopic (exact) mass is 278 g/mol. The summed E-state index contributed by atoms with van der Waals surface area (Å²) in [7, 11) is 0. The zero-order valence-corrected chi connectivity index (χ0v) is 11.5. The molecule has 19 heavy (non-hydrogen) atoms. The Morgan fingerprint density at radius 2 is 2.42 bits per heavy atom. The van der Waals surface area contributed by atoms with Crippen molar-refractivity contribution in [2.75, 3.05) is 29.9 Å². The predicted molar refractivity (Wildman–Crippen MR) is 79.9 cm³/mol. The van der Waals surface area contributed by atoms with Crippen molar-refractivity contribution in [2.24, 2.45) is 0 Å². The second kappa shape index (κ2) is 7.09. The van der Waals surface area contributed by atoms with Crippen molar-refractivity contribution in [1.29, 1.82) is 0 Å². The van der Waals surface area contributed by atoms with Crippen molar-refractivity contribution in [1.82, 2.24) is 5.32 Å². The molecule has 1 heterocycles. The molecule has 0 saturated carbocycles. The summed E-state index contributed by atoms with van der Waals surface area (Å²) in [5, 5.41) is 6.08. The van der Waals surface area contributed by atoms with Crippen LogP contribution in [-0.2, 0) is 4.79 Å². The Labute approximate surface area is 117 Å². The summed E-state index contributed by atoms with van der Waals surface area (Å²) in [6.07, 6.45) is 1.40. The van der Waals surface area contributed by atoms with Crippen molar-refractivity contribution in [3.8, 4) is 5.75 Å². The van der Waals surface area contributed by atoms with Crippen molar-refractivity contribution in [3.63, 3.8) is 0 Å². The van der Waals surface area contributed by atoms with Gasteiger partial charge in [0, 0.05) is 18.1 Å². The SMILES string of the molecule is C=CCSCCNC(=O)C1CNc2ccccc2O1. The first-order valence-electron chi connectivity index (χ1n) is 6.27. The third-order valence-corrected chi connectivity index (χ3v) is 3.67. The fourth-order valence-electron chi connectivity index (χ4n) is 1.79. The van der Waals surface area contributed by atoms with Crippen LogP contribution in [0.5, 0.6) is 5.75 Å². The van der Waals surface area contributed by atoms with Gasteiger partial charge in [0.1, 0.15) is 5.75 Å². The van der Waals surface area contributed by atoms with Gasteiger partial charge in [-0.3, -0.25) is 4.79 Å². The number of hydrogen-bond donors (Lipinski definition) is 2. The van der Waals surface area contributed by atoms with E-state index < -0.39 is 6.10 Å². The molecule has 2 rings (SSSR count). The lowest BCUT2D eigenvalue weighted by atomic mass is 10.2. The first-order chi connectivity index (χ1) is 9.31. The van der Waals surface area contributed by atoms with E-state index in [0.29, 0.717) is 13.1 Å². The van der Waals surface area contributed by atoms with Crippen LogP contribution in [0.4, 0.5) is 5.69 Å². The number of rotatable bonds is 6. The Balaban J connectivity index is 1.77. The number of anilines is 1. The molecule has 0 aromatic heterocycles. The number of carbonyl (C=O) groups is 1. The molecule has 0 spiro atoms. The minimum absolute atomic E-state index is 0.0683. The largest absolute Gasteiger partial charge is 0.477 e. The Kier molecular flexibility index (Phi) is 5.15. The molecule has 1 atom stereocenters. The number of ether oxygens (including phenoxy) is 1. The van der Waals surface area contributed by atoms with Gasteiger partial charge in [-0.1, -0.05) is 18.2 Å². The smallest absolute Gasteiger partial charge is 0.262 e. The lowest BCUT2D eigenvalue weighted by Crippen LogP contribution is -2.45. The number of amides is 1. The van der Waals surface area contributed by atoms with Crippen molar-refractivity contribution < 1.29 is 9.53 Å². The lowest BCUT2D eigenvalue weighted by molar-refractivity contribution is -0.127. The summed E-state index contributed by atoms with van der Waals surface area (Å²) in [6, 6.07) is 7.64. The molecule has 1 aromatic rings. The molecule has 1 unspecified atom stereocenters. The summed E-state index contributed by atoms with van der Waals surface area (Å²) in [5.74, 6) is 2.45. The van der Waals surface area contributed by atoms with Gasteiger partial charge in [-0.25, -0.2) is 0 Å². The molecule has 0 bridgehead atoms. The highest BCUT2D eigenvalue weighted by atomic mass is 32.2. The van der Waals surface area contributed by atoms with Gasteiger partial charge in [0.15, 0.2) is 6.10 Å². The summed E-state index contributed by atoms with van der Waals surface area (Å²) < 4.78 is 5.67. The first kappa shape index (κ1) is 13.8. The molecular formula is C14H18N2O2S. The van der Waals surface area contributed by atoms with E-state index in [-0.39, 0.29) is 5.91 Å². The number of fused-ring (bicyclic) bond motifs is 1. The quantitative estimate of drug-likeness (QED) is 0.616. The maximum atomic E-state index is 11.9. The summed E-state index contributed by atoms with van der Waals surface area (Å²) >= 11 is 1.74. The van der Waals surface area contributed by atoms with Gasteiger partial charge >= 0.3 is 0 Å². The number of hydrogen-bond acceptors (Lipinski definition) is 4. The van der Waals surface area contributed by atoms with E-state index in [0.717, 1.165) is 22.9 Å². The van der Waals surface area contributed by atoms with Crippen LogP contribution < -0.4 is 15.4 Å². The molecule has 4 nitrogen and oxygen atoms in total. The maximum Gasteiger partial charge on any atom is 0.262 e. The van der Waals surface area contributed by atoms with Crippen LogP contribution in [0.15, 0.2) is 36.9 Å². The average Bonchev–Trinajstić information content (AvgIpc) is 2.46. The molecule has 0 aliphatic carbocycles. The third kappa shape index (κ3) is 3.92. The van der Waals surface area contributed by atoms with E-state index in [1.54, 1.807) is 11.8 Å².